The number of benzene rings is 1. The van der Waals surface area contributed by atoms with E-state index < -0.39 is 0 Å². The van der Waals surface area contributed by atoms with Crippen molar-refractivity contribution in [3.05, 3.63) is 58.5 Å². The number of pyridine rings is 1. The number of nitrogens with zero attached hydrogens (tertiary/aromatic N) is 1. The first-order chi connectivity index (χ1) is 18.0. The lowest BCUT2D eigenvalue weighted by Gasteiger charge is -2.33. The van der Waals surface area contributed by atoms with Gasteiger partial charge in [-0.05, 0) is 43.9 Å². The summed E-state index contributed by atoms with van der Waals surface area (Å²) in [7, 11) is 1.55. The number of hydrogen-bond donors (Lipinski definition) is 3. The fourth-order valence-electron chi connectivity index (χ4n) is 5.30. The van der Waals surface area contributed by atoms with Crippen molar-refractivity contribution in [2.75, 3.05) is 25.6 Å². The van der Waals surface area contributed by atoms with E-state index in [1.54, 1.807) is 31.6 Å². The van der Waals surface area contributed by atoms with Gasteiger partial charge in [-0.15, -0.1) is 0 Å². The molecule has 3 aliphatic rings. The van der Waals surface area contributed by atoms with Gasteiger partial charge in [0.25, 0.3) is 5.91 Å². The highest BCUT2D eigenvalue weighted by molar-refractivity contribution is 7.81. The van der Waals surface area contributed by atoms with Gasteiger partial charge >= 0.3 is 0 Å². The molecule has 0 unspecified atom stereocenters. The van der Waals surface area contributed by atoms with Crippen LogP contribution in [0.1, 0.15) is 37.7 Å². The number of fused-ring (bicyclic) bond motifs is 1. The fourth-order valence-corrected chi connectivity index (χ4v) is 5.87. The standard InChI is InChI=1S/C27H31ClN4O4S/c1-34-25-19(28)7-3-9-21(25)32-27(37)23-24(18-6-2-8-20(18)31-26(23)33)30-13-16-10-11-29-14-22(16)36-15-17-5-4-12-35-17/h3,7,9-11,14,17-18,20,30H,2,4-6,8,12-13,15H2,1H3,(H,31,33)(H,32,37)/t17-,18-,20+/m0/s1. The summed E-state index contributed by atoms with van der Waals surface area (Å²) in [5.41, 5.74) is 2.85. The monoisotopic (exact) mass is 542 g/mol. The number of aromatic nitrogens is 1. The lowest BCUT2D eigenvalue weighted by atomic mass is 9.90. The van der Waals surface area contributed by atoms with E-state index in [1.807, 2.05) is 12.1 Å². The molecule has 8 nitrogen and oxygen atoms in total. The Bertz CT molecular complexity index is 1200. The molecular weight excluding hydrogens is 512 g/mol. The molecule has 1 aromatic heterocycles. The molecule has 3 atom stereocenters. The van der Waals surface area contributed by atoms with Crippen molar-refractivity contribution < 1.29 is 19.0 Å². The van der Waals surface area contributed by atoms with Crippen molar-refractivity contribution in [3.63, 3.8) is 0 Å². The quantitative estimate of drug-likeness (QED) is 0.402. The molecule has 1 saturated heterocycles. The second kappa shape index (κ2) is 11.7. The van der Waals surface area contributed by atoms with Crippen molar-refractivity contribution in [1.29, 1.82) is 0 Å². The van der Waals surface area contributed by atoms with Crippen LogP contribution in [0.2, 0.25) is 5.02 Å². The van der Waals surface area contributed by atoms with Crippen molar-refractivity contribution in [1.82, 2.24) is 15.6 Å². The third kappa shape index (κ3) is 5.68. The van der Waals surface area contributed by atoms with Gasteiger partial charge in [0.2, 0.25) is 0 Å². The molecule has 1 aromatic carbocycles. The zero-order valence-corrected chi connectivity index (χ0v) is 22.3. The summed E-state index contributed by atoms with van der Waals surface area (Å²) in [6.45, 7) is 1.75. The molecule has 0 bridgehead atoms. The zero-order chi connectivity index (χ0) is 25.8. The predicted octanol–water partition coefficient (Wildman–Crippen LogP) is 4.38. The van der Waals surface area contributed by atoms with Crippen molar-refractivity contribution in [2.45, 2.75) is 50.8 Å². The van der Waals surface area contributed by atoms with Crippen LogP contribution in [0.5, 0.6) is 11.5 Å². The van der Waals surface area contributed by atoms with Gasteiger partial charge in [-0.1, -0.05) is 36.3 Å². The van der Waals surface area contributed by atoms with Crippen LogP contribution in [-0.4, -0.2) is 48.3 Å². The molecule has 1 aliphatic carbocycles. The Balaban J connectivity index is 1.39. The molecule has 2 fully saturated rings. The number of rotatable bonds is 9. The molecule has 3 N–H and O–H groups in total. The van der Waals surface area contributed by atoms with Crippen LogP contribution in [0, 0.1) is 5.92 Å². The lowest BCUT2D eigenvalue weighted by molar-refractivity contribution is -0.118. The molecule has 196 valence electrons. The highest BCUT2D eigenvalue weighted by Crippen LogP contribution is 2.37. The minimum atomic E-state index is -0.186. The van der Waals surface area contributed by atoms with Crippen LogP contribution >= 0.6 is 23.8 Å². The Morgan fingerprint density at radius 2 is 2.16 bits per heavy atom. The van der Waals surface area contributed by atoms with Crippen LogP contribution < -0.4 is 25.4 Å². The summed E-state index contributed by atoms with van der Waals surface area (Å²) in [4.78, 5) is 17.8. The summed E-state index contributed by atoms with van der Waals surface area (Å²) in [5, 5.41) is 10.4. The third-order valence-corrected chi connectivity index (χ3v) is 7.74. The fraction of sp³-hybridized carbons (Fsp3) is 0.444. The maximum atomic E-state index is 13.3. The number of carbonyl (C=O) groups excluding carboxylic acids is 1. The normalized spacial score (nSPS) is 22.9. The number of thiocarbonyl (C=S) groups is 1. The van der Waals surface area contributed by atoms with E-state index in [1.165, 1.54) is 0 Å². The van der Waals surface area contributed by atoms with E-state index in [-0.39, 0.29) is 24.0 Å². The van der Waals surface area contributed by atoms with Crippen LogP contribution in [0.4, 0.5) is 5.69 Å². The molecule has 37 heavy (non-hydrogen) atoms. The van der Waals surface area contributed by atoms with Crippen LogP contribution in [0.3, 0.4) is 0 Å². The Hall–Kier alpha value is -2.88. The minimum absolute atomic E-state index is 0.0925. The first-order valence-electron chi connectivity index (χ1n) is 12.6. The van der Waals surface area contributed by atoms with Crippen LogP contribution in [-0.2, 0) is 16.1 Å². The van der Waals surface area contributed by atoms with Gasteiger partial charge in [-0.3, -0.25) is 9.78 Å². The number of anilines is 1. The summed E-state index contributed by atoms with van der Waals surface area (Å²) in [5.74, 6) is 1.15. The van der Waals surface area contributed by atoms with E-state index in [0.717, 1.165) is 50.0 Å². The molecule has 2 aliphatic heterocycles. The number of methoxy groups -OCH3 is 1. The number of amides is 1. The Morgan fingerprint density at radius 1 is 1.27 bits per heavy atom. The largest absolute Gasteiger partial charge is 0.493 e. The second-order valence-electron chi connectivity index (χ2n) is 9.46. The van der Waals surface area contributed by atoms with Gasteiger partial charge in [0.15, 0.2) is 5.75 Å². The zero-order valence-electron chi connectivity index (χ0n) is 20.7. The Kier molecular flexibility index (Phi) is 8.12. The van der Waals surface area contributed by atoms with Gasteiger partial charge in [-0.2, -0.15) is 0 Å². The third-order valence-electron chi connectivity index (χ3n) is 7.13. The van der Waals surface area contributed by atoms with E-state index in [2.05, 4.69) is 20.9 Å². The van der Waals surface area contributed by atoms with Gasteiger partial charge in [0, 0.05) is 42.6 Å². The summed E-state index contributed by atoms with van der Waals surface area (Å²) < 4.78 is 17.2. The first-order valence-corrected chi connectivity index (χ1v) is 13.4. The average molecular weight is 543 g/mol. The van der Waals surface area contributed by atoms with Crippen molar-refractivity contribution in [2.24, 2.45) is 5.92 Å². The first kappa shape index (κ1) is 25.8. The Labute approximate surface area is 227 Å². The SMILES string of the molecule is COc1c(Cl)cccc1NC(=S)C1=C(NCc2ccncc2OC[C@@H]2CCCO2)[C@H]2CCC[C@H]2NC1=O. The highest BCUT2D eigenvalue weighted by atomic mass is 35.5. The number of carbonyl (C=O) groups is 1. The van der Waals surface area contributed by atoms with Crippen LogP contribution in [0.15, 0.2) is 47.9 Å². The van der Waals surface area contributed by atoms with E-state index >= 15 is 0 Å². The summed E-state index contributed by atoms with van der Waals surface area (Å²) >= 11 is 12.1. The maximum absolute atomic E-state index is 13.3. The Morgan fingerprint density at radius 3 is 2.97 bits per heavy atom. The lowest BCUT2D eigenvalue weighted by Crippen LogP contribution is -2.48. The molecule has 0 radical (unpaired) electrons. The number of para-hydroxylation sites is 1. The molecule has 1 amide bonds. The molecule has 10 heteroatoms. The molecule has 0 spiro atoms. The smallest absolute Gasteiger partial charge is 0.256 e. The van der Waals surface area contributed by atoms with Crippen molar-refractivity contribution >= 4 is 40.4 Å². The number of hydrogen-bond acceptors (Lipinski definition) is 7. The van der Waals surface area contributed by atoms with Gasteiger partial charge < -0.3 is 30.2 Å². The van der Waals surface area contributed by atoms with E-state index in [0.29, 0.717) is 45.9 Å². The van der Waals surface area contributed by atoms with Crippen molar-refractivity contribution in [3.8, 4) is 11.5 Å². The number of nitrogens with one attached hydrogen (secondary N) is 3. The predicted molar refractivity (Wildman–Crippen MR) is 146 cm³/mol. The molecule has 3 heterocycles. The number of ether oxygens (including phenoxy) is 3. The topological polar surface area (TPSA) is 93.7 Å². The molecule has 1 saturated carbocycles. The average Bonchev–Trinajstić information content (AvgIpc) is 3.58. The van der Waals surface area contributed by atoms with Crippen LogP contribution in [0.25, 0.3) is 0 Å². The van der Waals surface area contributed by atoms with Gasteiger partial charge in [0.05, 0.1) is 35.7 Å². The molecular formula is C27H31ClN4O4S. The highest BCUT2D eigenvalue weighted by Gasteiger charge is 2.40. The minimum Gasteiger partial charge on any atom is -0.493 e. The van der Waals surface area contributed by atoms with Gasteiger partial charge in [0.1, 0.15) is 17.3 Å². The molecule has 2 aromatic rings. The molecule has 5 rings (SSSR count). The van der Waals surface area contributed by atoms with Gasteiger partial charge in [-0.25, -0.2) is 0 Å². The maximum Gasteiger partial charge on any atom is 0.256 e. The second-order valence-corrected chi connectivity index (χ2v) is 10.3. The summed E-state index contributed by atoms with van der Waals surface area (Å²) in [6, 6.07) is 7.39. The van der Waals surface area contributed by atoms with E-state index in [4.69, 9.17) is 38.0 Å². The summed E-state index contributed by atoms with van der Waals surface area (Å²) in [6.07, 6.45) is 8.61. The number of halogens is 1. The van der Waals surface area contributed by atoms with E-state index in [9.17, 15) is 4.79 Å².